The largest absolute Gasteiger partial charge is 0.494 e. The maximum Gasteiger partial charge on any atom is 0.220 e. The van der Waals surface area contributed by atoms with Crippen LogP contribution in [0.3, 0.4) is 0 Å². The number of rotatable bonds is 7. The van der Waals surface area contributed by atoms with E-state index in [1.807, 2.05) is 31.2 Å². The third kappa shape index (κ3) is 6.32. The molecule has 9 nitrogen and oxygen atoms in total. The van der Waals surface area contributed by atoms with E-state index in [2.05, 4.69) is 20.4 Å². The lowest BCUT2D eigenvalue weighted by molar-refractivity contribution is 0.259. The predicted octanol–water partition coefficient (Wildman–Crippen LogP) is 1.91. The van der Waals surface area contributed by atoms with Crippen molar-refractivity contribution in [1.82, 2.24) is 19.7 Å². The third-order valence-corrected chi connectivity index (χ3v) is 6.49. The second-order valence-corrected chi connectivity index (χ2v) is 8.54. The van der Waals surface area contributed by atoms with E-state index in [1.165, 1.54) is 10.6 Å². The normalized spacial score (nSPS) is 15.5. The summed E-state index contributed by atoms with van der Waals surface area (Å²) >= 11 is 0. The van der Waals surface area contributed by atoms with Gasteiger partial charge in [0.25, 0.3) is 0 Å². The number of benzene rings is 1. The van der Waals surface area contributed by atoms with Crippen LogP contribution in [0.25, 0.3) is 0 Å². The lowest BCUT2D eigenvalue weighted by Crippen LogP contribution is -2.53. The molecule has 1 aromatic carbocycles. The van der Waals surface area contributed by atoms with E-state index in [-0.39, 0.29) is 29.7 Å². The highest BCUT2D eigenvalue weighted by molar-refractivity contribution is 14.0. The second-order valence-electron chi connectivity index (χ2n) is 6.57. The average molecular weight is 549 g/mol. The summed E-state index contributed by atoms with van der Waals surface area (Å²) in [6, 6.07) is 9.45. The van der Waals surface area contributed by atoms with Crippen LogP contribution in [-0.4, -0.2) is 68.6 Å². The van der Waals surface area contributed by atoms with Crippen LogP contribution in [-0.2, 0) is 22.3 Å². The Morgan fingerprint density at radius 3 is 2.60 bits per heavy atom. The Bertz CT molecular complexity index is 913. The molecule has 1 aliphatic rings. The number of sulfonamides is 1. The van der Waals surface area contributed by atoms with E-state index in [1.54, 1.807) is 13.1 Å². The maximum absolute atomic E-state index is 12.6. The molecule has 1 saturated heterocycles. The number of aromatic nitrogens is 1. The number of guanidine groups is 1. The van der Waals surface area contributed by atoms with Gasteiger partial charge in [0.1, 0.15) is 17.8 Å². The van der Waals surface area contributed by atoms with Crippen molar-refractivity contribution in [3.63, 3.8) is 0 Å². The van der Waals surface area contributed by atoms with Gasteiger partial charge in [0.15, 0.2) is 5.96 Å². The summed E-state index contributed by atoms with van der Waals surface area (Å²) in [6.45, 7) is 5.06. The van der Waals surface area contributed by atoms with E-state index in [9.17, 15) is 8.42 Å². The number of hydrogen-bond acceptors (Lipinski definition) is 6. The minimum Gasteiger partial charge on any atom is -0.494 e. The van der Waals surface area contributed by atoms with Crippen LogP contribution in [0.2, 0.25) is 0 Å². The Morgan fingerprint density at radius 1 is 1.23 bits per heavy atom. The predicted molar refractivity (Wildman–Crippen MR) is 125 cm³/mol. The monoisotopic (exact) mass is 549 g/mol. The van der Waals surface area contributed by atoms with Gasteiger partial charge in [-0.25, -0.2) is 8.42 Å². The molecule has 0 saturated carbocycles. The number of hydrogen-bond donors (Lipinski definition) is 1. The van der Waals surface area contributed by atoms with Gasteiger partial charge >= 0.3 is 0 Å². The number of aliphatic imine (C=N–C) groups is 1. The fraction of sp³-hybridized carbons (Fsp3) is 0.474. The summed E-state index contributed by atoms with van der Waals surface area (Å²) in [7, 11) is -1.70. The number of ether oxygens (including phenoxy) is 1. The molecule has 0 spiro atoms. The Hall–Kier alpha value is -1.86. The van der Waals surface area contributed by atoms with Crippen molar-refractivity contribution < 1.29 is 17.7 Å². The lowest BCUT2D eigenvalue weighted by atomic mass is 10.2. The van der Waals surface area contributed by atoms with Crippen molar-refractivity contribution in [2.45, 2.75) is 19.2 Å². The zero-order valence-corrected chi connectivity index (χ0v) is 20.3. The number of piperazine rings is 1. The Balaban J connectivity index is 0.00000320. The van der Waals surface area contributed by atoms with Crippen LogP contribution in [0, 0.1) is 0 Å². The van der Waals surface area contributed by atoms with Crippen molar-refractivity contribution in [3.05, 3.63) is 47.9 Å². The molecule has 166 valence electrons. The van der Waals surface area contributed by atoms with Gasteiger partial charge in [0, 0.05) is 51.4 Å². The number of para-hydroxylation sites is 1. The Labute approximate surface area is 194 Å². The first kappa shape index (κ1) is 24.4. The SMILES string of the molecule is CCOc1ccccc1CNC(=NC)N1CCN(S(=O)(=O)Cc2ccon2)CC1.I. The highest BCUT2D eigenvalue weighted by Crippen LogP contribution is 2.18. The van der Waals surface area contributed by atoms with Crippen molar-refractivity contribution >= 4 is 40.0 Å². The smallest absolute Gasteiger partial charge is 0.220 e. The number of nitrogens with one attached hydrogen (secondary N) is 1. The number of halogens is 1. The molecule has 0 unspecified atom stereocenters. The van der Waals surface area contributed by atoms with Crippen LogP contribution >= 0.6 is 24.0 Å². The van der Waals surface area contributed by atoms with Crippen molar-refractivity contribution in [2.24, 2.45) is 4.99 Å². The molecule has 0 bridgehead atoms. The Kier molecular flexibility index (Phi) is 9.37. The summed E-state index contributed by atoms with van der Waals surface area (Å²) in [6.07, 6.45) is 1.38. The first-order valence-electron chi connectivity index (χ1n) is 9.57. The zero-order valence-electron chi connectivity index (χ0n) is 17.2. The van der Waals surface area contributed by atoms with Crippen LogP contribution in [0.15, 0.2) is 46.1 Å². The third-order valence-electron chi connectivity index (χ3n) is 4.67. The van der Waals surface area contributed by atoms with Crippen LogP contribution in [0.1, 0.15) is 18.2 Å². The molecular formula is C19H28IN5O4S. The van der Waals surface area contributed by atoms with E-state index in [0.717, 1.165) is 17.3 Å². The van der Waals surface area contributed by atoms with E-state index < -0.39 is 10.0 Å². The molecule has 0 radical (unpaired) electrons. The Morgan fingerprint density at radius 2 is 1.97 bits per heavy atom. The van der Waals surface area contributed by atoms with Gasteiger partial charge in [-0.1, -0.05) is 23.4 Å². The minimum absolute atomic E-state index is 0. The summed E-state index contributed by atoms with van der Waals surface area (Å²) in [5.74, 6) is 1.44. The highest BCUT2D eigenvalue weighted by atomic mass is 127. The standard InChI is InChI=1S/C19H27N5O4S.HI/c1-3-27-18-7-5-4-6-16(18)14-21-19(20-2)23-9-11-24(12-10-23)29(25,26)15-17-8-13-28-22-17;/h4-8,13H,3,9-12,14-15H2,1-2H3,(H,20,21);1H. The molecule has 30 heavy (non-hydrogen) atoms. The van der Waals surface area contributed by atoms with E-state index >= 15 is 0 Å². The topological polar surface area (TPSA) is 100 Å². The molecule has 0 atom stereocenters. The van der Waals surface area contributed by atoms with Gasteiger partial charge in [0.2, 0.25) is 10.0 Å². The van der Waals surface area contributed by atoms with Gasteiger partial charge in [-0.05, 0) is 13.0 Å². The lowest BCUT2D eigenvalue weighted by Gasteiger charge is -2.35. The fourth-order valence-corrected chi connectivity index (χ4v) is 4.65. The molecule has 1 N–H and O–H groups in total. The van der Waals surface area contributed by atoms with Gasteiger partial charge < -0.3 is 19.5 Å². The first-order valence-corrected chi connectivity index (χ1v) is 11.2. The minimum atomic E-state index is -3.42. The molecule has 3 rings (SSSR count). The van der Waals surface area contributed by atoms with Crippen LogP contribution in [0.4, 0.5) is 0 Å². The molecule has 2 heterocycles. The molecule has 11 heteroatoms. The summed E-state index contributed by atoms with van der Waals surface area (Å²) < 4.78 is 37.0. The molecule has 0 amide bonds. The molecule has 2 aromatic rings. The molecule has 1 fully saturated rings. The van der Waals surface area contributed by atoms with Crippen LogP contribution in [0.5, 0.6) is 5.75 Å². The van der Waals surface area contributed by atoms with Gasteiger partial charge in [-0.3, -0.25) is 4.99 Å². The molecule has 0 aliphatic carbocycles. The molecule has 1 aliphatic heterocycles. The summed E-state index contributed by atoms with van der Waals surface area (Å²) in [4.78, 5) is 6.41. The highest BCUT2D eigenvalue weighted by Gasteiger charge is 2.29. The first-order chi connectivity index (χ1) is 14.0. The maximum atomic E-state index is 12.6. The molecular weight excluding hydrogens is 521 g/mol. The fourth-order valence-electron chi connectivity index (χ4n) is 3.22. The quantitative estimate of drug-likeness (QED) is 0.320. The van der Waals surface area contributed by atoms with Gasteiger partial charge in [0.05, 0.1) is 12.3 Å². The average Bonchev–Trinajstić information content (AvgIpc) is 3.22. The zero-order chi connectivity index (χ0) is 20.7. The summed E-state index contributed by atoms with van der Waals surface area (Å²) in [5, 5.41) is 7.05. The number of nitrogens with zero attached hydrogens (tertiary/aromatic N) is 4. The van der Waals surface area contributed by atoms with Crippen molar-refractivity contribution in [3.8, 4) is 5.75 Å². The van der Waals surface area contributed by atoms with Crippen molar-refractivity contribution in [1.29, 1.82) is 0 Å². The van der Waals surface area contributed by atoms with Crippen molar-refractivity contribution in [2.75, 3.05) is 39.8 Å². The van der Waals surface area contributed by atoms with Gasteiger partial charge in [-0.2, -0.15) is 4.31 Å². The van der Waals surface area contributed by atoms with Gasteiger partial charge in [-0.15, -0.1) is 24.0 Å². The molecule has 1 aromatic heterocycles. The van der Waals surface area contributed by atoms with E-state index in [0.29, 0.717) is 45.0 Å². The van der Waals surface area contributed by atoms with E-state index in [4.69, 9.17) is 9.26 Å². The van der Waals surface area contributed by atoms with Crippen LogP contribution < -0.4 is 10.1 Å². The summed E-state index contributed by atoms with van der Waals surface area (Å²) in [5.41, 5.74) is 1.46. The second kappa shape index (κ2) is 11.5.